The lowest BCUT2D eigenvalue weighted by molar-refractivity contribution is -0.132. The second-order valence-electron chi connectivity index (χ2n) is 8.71. The van der Waals surface area contributed by atoms with Crippen molar-refractivity contribution < 1.29 is 34.1 Å². The van der Waals surface area contributed by atoms with E-state index in [2.05, 4.69) is 9.97 Å². The molecular weight excluding hydrogens is 524 g/mol. The van der Waals surface area contributed by atoms with Crippen molar-refractivity contribution in [1.29, 1.82) is 0 Å². The third-order valence-corrected chi connectivity index (χ3v) is 7.48. The molecular formula is C27H24N4O7S. The number of aryl methyl sites for hydroxylation is 2. The van der Waals surface area contributed by atoms with E-state index in [-0.39, 0.29) is 39.4 Å². The van der Waals surface area contributed by atoms with Crippen LogP contribution in [0.1, 0.15) is 45.3 Å². The molecule has 0 saturated carbocycles. The largest absolute Gasteiger partial charge is 0.505 e. The Bertz CT molecular complexity index is 1690. The van der Waals surface area contributed by atoms with Crippen LogP contribution < -0.4 is 9.64 Å². The van der Waals surface area contributed by atoms with Crippen molar-refractivity contribution in [3.8, 4) is 11.5 Å². The molecule has 2 N–H and O–H groups in total. The highest BCUT2D eigenvalue weighted by atomic mass is 32.1. The summed E-state index contributed by atoms with van der Waals surface area (Å²) in [4.78, 5) is 49.8. The van der Waals surface area contributed by atoms with E-state index in [1.54, 1.807) is 49.6 Å². The Morgan fingerprint density at radius 3 is 2.62 bits per heavy atom. The van der Waals surface area contributed by atoms with Gasteiger partial charge in [-0.05, 0) is 50.6 Å². The smallest absolute Gasteiger partial charge is 0.350 e. The number of Topliss-reactive ketones (excluding diaryl/α,β-unsaturated/α-hetero) is 1. The second kappa shape index (κ2) is 9.87. The van der Waals surface area contributed by atoms with Gasteiger partial charge in [0.25, 0.3) is 5.78 Å². The summed E-state index contributed by atoms with van der Waals surface area (Å²) in [6.45, 7) is 5.12. The number of ketones is 1. The number of aliphatic hydroxyl groups excluding tert-OH is 1. The number of phenolic OH excluding ortho intramolecular Hbond substituents is 1. The van der Waals surface area contributed by atoms with Crippen molar-refractivity contribution in [3.63, 3.8) is 0 Å². The predicted molar refractivity (Wildman–Crippen MR) is 142 cm³/mol. The lowest BCUT2D eigenvalue weighted by Gasteiger charge is -2.23. The number of carbonyl (C=O) groups excluding carboxylic acids is 3. The second-order valence-corrected chi connectivity index (χ2v) is 9.68. The van der Waals surface area contributed by atoms with Crippen LogP contribution in [0.3, 0.4) is 0 Å². The van der Waals surface area contributed by atoms with Crippen LogP contribution in [-0.2, 0) is 14.3 Å². The first-order valence-electron chi connectivity index (χ1n) is 11.9. The van der Waals surface area contributed by atoms with Gasteiger partial charge in [0.15, 0.2) is 22.4 Å². The molecule has 12 heteroatoms. The van der Waals surface area contributed by atoms with E-state index in [4.69, 9.17) is 9.47 Å². The molecule has 1 aromatic carbocycles. The number of ether oxygens (including phenoxy) is 2. The number of hydrogen-bond donors (Lipinski definition) is 2. The van der Waals surface area contributed by atoms with E-state index in [0.29, 0.717) is 22.6 Å². The third-order valence-electron chi connectivity index (χ3n) is 6.34. The van der Waals surface area contributed by atoms with Gasteiger partial charge in [0.2, 0.25) is 0 Å². The standard InChI is InChI=1S/C27H24N4O7S/c1-5-38-26(36)24-14(3)29-27(39-24)31-21(15-9-10-16(32)17(12-15)37-4)19(23(34)25(31)35)22(33)20-13(2)28-18-8-6-7-11-30(18)20/h6-12,21,32-33H,5H2,1-4H3/b22-19+. The predicted octanol–water partition coefficient (Wildman–Crippen LogP) is 3.92. The highest BCUT2D eigenvalue weighted by Crippen LogP contribution is 2.45. The van der Waals surface area contributed by atoms with Crippen molar-refractivity contribution in [1.82, 2.24) is 14.4 Å². The van der Waals surface area contributed by atoms with Gasteiger partial charge in [-0.3, -0.25) is 18.9 Å². The maximum atomic E-state index is 13.6. The molecule has 0 spiro atoms. The molecule has 1 aliphatic rings. The minimum absolute atomic E-state index is 0.0728. The zero-order valence-electron chi connectivity index (χ0n) is 21.5. The number of aromatic hydroxyl groups is 1. The van der Waals surface area contributed by atoms with Gasteiger partial charge < -0.3 is 19.7 Å². The topological polar surface area (TPSA) is 144 Å². The number of esters is 1. The zero-order chi connectivity index (χ0) is 28.0. The number of aromatic nitrogens is 3. The van der Waals surface area contributed by atoms with Crippen LogP contribution in [-0.4, -0.2) is 56.0 Å². The number of hydrogen-bond acceptors (Lipinski definition) is 10. The molecule has 11 nitrogen and oxygen atoms in total. The lowest BCUT2D eigenvalue weighted by Crippen LogP contribution is -2.29. The van der Waals surface area contributed by atoms with E-state index >= 15 is 0 Å². The van der Waals surface area contributed by atoms with Crippen LogP contribution in [0.25, 0.3) is 11.4 Å². The Balaban J connectivity index is 1.76. The molecule has 4 aromatic rings. The minimum atomic E-state index is -1.16. The van der Waals surface area contributed by atoms with Gasteiger partial charge in [-0.25, -0.2) is 14.8 Å². The van der Waals surface area contributed by atoms with Gasteiger partial charge in [-0.2, -0.15) is 0 Å². The van der Waals surface area contributed by atoms with Crippen LogP contribution in [0.15, 0.2) is 48.2 Å². The van der Waals surface area contributed by atoms with Crippen LogP contribution in [0.5, 0.6) is 11.5 Å². The van der Waals surface area contributed by atoms with Gasteiger partial charge in [0.1, 0.15) is 16.2 Å². The molecule has 0 radical (unpaired) electrons. The summed E-state index contributed by atoms with van der Waals surface area (Å²) in [5.74, 6) is -2.95. The van der Waals surface area contributed by atoms with Crippen molar-refractivity contribution in [2.45, 2.75) is 26.8 Å². The molecule has 3 aromatic heterocycles. The molecule has 200 valence electrons. The minimum Gasteiger partial charge on any atom is -0.505 e. The summed E-state index contributed by atoms with van der Waals surface area (Å²) in [6.07, 6.45) is 1.69. The average Bonchev–Trinajstić information content (AvgIpc) is 3.54. The van der Waals surface area contributed by atoms with Crippen molar-refractivity contribution in [3.05, 3.63) is 75.7 Å². The van der Waals surface area contributed by atoms with Crippen LogP contribution in [0.2, 0.25) is 0 Å². The molecule has 1 amide bonds. The number of carbonyl (C=O) groups is 3. The van der Waals surface area contributed by atoms with E-state index in [1.807, 2.05) is 0 Å². The quantitative estimate of drug-likeness (QED) is 0.159. The van der Waals surface area contributed by atoms with Crippen LogP contribution in [0.4, 0.5) is 5.13 Å². The molecule has 39 heavy (non-hydrogen) atoms. The molecule has 1 fully saturated rings. The number of thiazole rings is 1. The highest BCUT2D eigenvalue weighted by Gasteiger charge is 2.49. The summed E-state index contributed by atoms with van der Waals surface area (Å²) < 4.78 is 12.0. The third kappa shape index (κ3) is 4.18. The van der Waals surface area contributed by atoms with Crippen molar-refractivity contribution in [2.75, 3.05) is 18.6 Å². The molecule has 0 aliphatic carbocycles. The SMILES string of the molecule is CCOC(=O)c1sc(N2C(=O)C(=O)/C(=C(/O)c3c(C)nc4ccccn34)C2c2ccc(O)c(OC)c2)nc1C. The number of methoxy groups -OCH3 is 1. The Labute approximate surface area is 226 Å². The molecule has 1 unspecified atom stereocenters. The number of amides is 1. The normalized spacial score (nSPS) is 16.7. The zero-order valence-corrected chi connectivity index (χ0v) is 22.3. The maximum Gasteiger partial charge on any atom is 0.350 e. The van der Waals surface area contributed by atoms with Crippen molar-refractivity contribution >= 4 is 45.5 Å². The first-order valence-corrected chi connectivity index (χ1v) is 12.8. The summed E-state index contributed by atoms with van der Waals surface area (Å²) in [5, 5.41) is 21.9. The fraction of sp³-hybridized carbons (Fsp3) is 0.222. The van der Waals surface area contributed by atoms with Crippen LogP contribution >= 0.6 is 11.3 Å². The number of rotatable bonds is 6. The fourth-order valence-corrected chi connectivity index (χ4v) is 5.59. The van der Waals surface area contributed by atoms with Gasteiger partial charge in [-0.1, -0.05) is 23.5 Å². The van der Waals surface area contributed by atoms with E-state index in [0.717, 1.165) is 16.2 Å². The molecule has 1 aliphatic heterocycles. The van der Waals surface area contributed by atoms with E-state index < -0.39 is 29.5 Å². The number of pyridine rings is 1. The van der Waals surface area contributed by atoms with Crippen LogP contribution in [0, 0.1) is 13.8 Å². The fourth-order valence-electron chi connectivity index (χ4n) is 4.61. The lowest BCUT2D eigenvalue weighted by atomic mass is 9.96. The van der Waals surface area contributed by atoms with Gasteiger partial charge in [-0.15, -0.1) is 0 Å². The Morgan fingerprint density at radius 2 is 1.90 bits per heavy atom. The maximum absolute atomic E-state index is 13.6. The summed E-state index contributed by atoms with van der Waals surface area (Å²) in [6, 6.07) is 8.49. The molecule has 1 saturated heterocycles. The first-order chi connectivity index (χ1) is 18.7. The van der Waals surface area contributed by atoms with Gasteiger partial charge in [0, 0.05) is 6.20 Å². The highest BCUT2D eigenvalue weighted by molar-refractivity contribution is 7.17. The Morgan fingerprint density at radius 1 is 1.13 bits per heavy atom. The van der Waals surface area contributed by atoms with E-state index in [9.17, 15) is 24.6 Å². The number of benzene rings is 1. The Hall–Kier alpha value is -4.71. The van der Waals surface area contributed by atoms with Gasteiger partial charge in [0.05, 0.1) is 36.7 Å². The number of anilines is 1. The molecule has 1 atom stereocenters. The Kier molecular flexibility index (Phi) is 6.56. The van der Waals surface area contributed by atoms with E-state index in [1.165, 1.54) is 25.3 Å². The number of imidazole rings is 1. The monoisotopic (exact) mass is 548 g/mol. The molecule has 5 rings (SSSR count). The molecule has 0 bridgehead atoms. The van der Waals surface area contributed by atoms with Crippen molar-refractivity contribution in [2.24, 2.45) is 0 Å². The molecule has 4 heterocycles. The summed E-state index contributed by atoms with van der Waals surface area (Å²) in [7, 11) is 1.37. The summed E-state index contributed by atoms with van der Waals surface area (Å²) in [5.41, 5.74) is 1.73. The number of aliphatic hydroxyl groups is 1. The summed E-state index contributed by atoms with van der Waals surface area (Å²) >= 11 is 0.904. The average molecular weight is 549 g/mol. The first kappa shape index (κ1) is 25.9. The number of fused-ring (bicyclic) bond motifs is 1. The van der Waals surface area contributed by atoms with Gasteiger partial charge >= 0.3 is 11.9 Å². The number of phenols is 1. The number of nitrogens with zero attached hydrogens (tertiary/aromatic N) is 4.